The molecule has 1 saturated heterocycles. The van der Waals surface area contributed by atoms with Gasteiger partial charge in [0.15, 0.2) is 11.5 Å². The van der Waals surface area contributed by atoms with Crippen LogP contribution in [-0.2, 0) is 22.5 Å². The molecule has 0 radical (unpaired) electrons. The van der Waals surface area contributed by atoms with Crippen molar-refractivity contribution >= 4 is 32.0 Å². The van der Waals surface area contributed by atoms with E-state index in [-0.39, 0.29) is 29.2 Å². The van der Waals surface area contributed by atoms with Gasteiger partial charge in [-0.2, -0.15) is 19.3 Å². The molecular formula is C29H24FN7O3S. The van der Waals surface area contributed by atoms with Gasteiger partial charge in [-0.3, -0.25) is 0 Å². The summed E-state index contributed by atoms with van der Waals surface area (Å²) in [5.74, 6) is 0.182. The molecular weight excluding hydrogens is 545 g/mol. The number of rotatable bonds is 5. The van der Waals surface area contributed by atoms with E-state index in [1.54, 1.807) is 30.1 Å². The van der Waals surface area contributed by atoms with Gasteiger partial charge in [-0.25, -0.2) is 22.5 Å². The third-order valence-electron chi connectivity index (χ3n) is 8.59. The van der Waals surface area contributed by atoms with Crippen molar-refractivity contribution in [3.8, 4) is 5.69 Å². The van der Waals surface area contributed by atoms with Crippen molar-refractivity contribution in [2.75, 3.05) is 13.1 Å². The molecule has 41 heavy (non-hydrogen) atoms. The lowest BCUT2D eigenvalue weighted by Gasteiger charge is -2.23. The van der Waals surface area contributed by atoms with Crippen molar-refractivity contribution in [3.05, 3.63) is 95.9 Å². The summed E-state index contributed by atoms with van der Waals surface area (Å²) < 4.78 is 50.2. The summed E-state index contributed by atoms with van der Waals surface area (Å²) in [4.78, 5) is 6.06. The number of hydrogen-bond acceptors (Lipinski definition) is 7. The maximum absolute atomic E-state index is 13.6. The standard InChI is InChI=1S/C29H24FN7O3S/c1-17-11-24-18(13-32-37(24)20-9-7-19(30)8-10-20)12-21(17)29-16-36(41(38,39)26-14-31-35(2)34-26)15-22(29)27(29)28-33-23-5-3-4-6-25(23)40-28/h3-14,22,27H,15-16H2,1-2H3/t22-,27+,29+/m0/s1. The highest BCUT2D eigenvalue weighted by atomic mass is 32.2. The van der Waals surface area contributed by atoms with Gasteiger partial charge in [-0.1, -0.05) is 12.1 Å². The second-order valence-electron chi connectivity index (χ2n) is 10.9. The van der Waals surface area contributed by atoms with Gasteiger partial charge in [0.25, 0.3) is 10.0 Å². The first-order valence-electron chi connectivity index (χ1n) is 13.2. The Balaban J connectivity index is 1.25. The number of para-hydroxylation sites is 2. The molecule has 1 aliphatic carbocycles. The number of nitrogens with zero attached hydrogens (tertiary/aromatic N) is 7. The monoisotopic (exact) mass is 569 g/mol. The molecule has 10 nitrogen and oxygen atoms in total. The number of hydrogen-bond donors (Lipinski definition) is 0. The van der Waals surface area contributed by atoms with Crippen LogP contribution in [-0.4, -0.2) is 55.6 Å². The average molecular weight is 570 g/mol. The van der Waals surface area contributed by atoms with E-state index in [1.165, 1.54) is 27.4 Å². The van der Waals surface area contributed by atoms with Gasteiger partial charge in [0.2, 0.25) is 5.03 Å². The number of fused-ring (bicyclic) bond motifs is 3. The maximum atomic E-state index is 13.6. The van der Waals surface area contributed by atoms with E-state index < -0.39 is 15.4 Å². The van der Waals surface area contributed by atoms with Crippen molar-refractivity contribution in [1.29, 1.82) is 0 Å². The second-order valence-corrected chi connectivity index (χ2v) is 12.8. The average Bonchev–Trinajstić information content (AvgIpc) is 3.55. The quantitative estimate of drug-likeness (QED) is 0.307. The van der Waals surface area contributed by atoms with Crippen LogP contribution >= 0.6 is 0 Å². The molecule has 12 heteroatoms. The molecule has 2 fully saturated rings. The van der Waals surface area contributed by atoms with Gasteiger partial charge in [0, 0.05) is 30.9 Å². The number of benzene rings is 3. The van der Waals surface area contributed by atoms with Crippen LogP contribution in [0.3, 0.4) is 0 Å². The Hall–Kier alpha value is -4.42. The van der Waals surface area contributed by atoms with E-state index in [9.17, 15) is 12.8 Å². The molecule has 8 rings (SSSR count). The summed E-state index contributed by atoms with van der Waals surface area (Å²) in [6.45, 7) is 2.61. The molecule has 4 heterocycles. The van der Waals surface area contributed by atoms with Crippen LogP contribution in [0.1, 0.15) is 22.9 Å². The number of halogens is 1. The van der Waals surface area contributed by atoms with Crippen molar-refractivity contribution in [2.24, 2.45) is 13.0 Å². The molecule has 0 amide bonds. The normalized spacial score (nSPS) is 22.5. The molecule has 3 aromatic heterocycles. The SMILES string of the molecule is Cc1cc2c(cnn2-c2ccc(F)cc2)cc1[C@]12CN(S(=O)(=O)c3cnn(C)n3)C[C@H]1[C@@H]2c1nc2ccccc2o1. The third kappa shape index (κ3) is 3.47. The number of oxazole rings is 1. The summed E-state index contributed by atoms with van der Waals surface area (Å²) in [5, 5.41) is 13.5. The molecule has 0 bridgehead atoms. The smallest absolute Gasteiger partial charge is 0.264 e. The maximum Gasteiger partial charge on any atom is 0.264 e. The first-order valence-corrected chi connectivity index (χ1v) is 14.7. The number of sulfonamides is 1. The fraction of sp³-hybridized carbons (Fsp3) is 0.241. The van der Waals surface area contributed by atoms with Crippen LogP contribution in [0.5, 0.6) is 0 Å². The Kier molecular flexibility index (Phi) is 4.94. The predicted molar refractivity (Wildman–Crippen MR) is 147 cm³/mol. The highest BCUT2D eigenvalue weighted by Crippen LogP contribution is 2.70. The highest BCUT2D eigenvalue weighted by molar-refractivity contribution is 7.89. The third-order valence-corrected chi connectivity index (χ3v) is 10.3. The van der Waals surface area contributed by atoms with Gasteiger partial charge in [0.1, 0.15) is 11.3 Å². The van der Waals surface area contributed by atoms with Crippen molar-refractivity contribution in [2.45, 2.75) is 23.3 Å². The lowest BCUT2D eigenvalue weighted by Crippen LogP contribution is -2.35. The minimum absolute atomic E-state index is 0.0368. The fourth-order valence-electron chi connectivity index (χ4n) is 6.67. The van der Waals surface area contributed by atoms with Gasteiger partial charge >= 0.3 is 0 Å². The topological polar surface area (TPSA) is 112 Å². The van der Waals surface area contributed by atoms with Crippen LogP contribution in [0.4, 0.5) is 4.39 Å². The molecule has 3 aromatic carbocycles. The van der Waals surface area contributed by atoms with E-state index >= 15 is 0 Å². The highest BCUT2D eigenvalue weighted by Gasteiger charge is 2.73. The molecule has 2 aliphatic rings. The predicted octanol–water partition coefficient (Wildman–Crippen LogP) is 4.10. The lowest BCUT2D eigenvalue weighted by molar-refractivity contribution is 0.397. The zero-order valence-electron chi connectivity index (χ0n) is 22.1. The lowest BCUT2D eigenvalue weighted by atomic mass is 9.88. The van der Waals surface area contributed by atoms with E-state index in [1.807, 2.05) is 31.2 Å². The van der Waals surface area contributed by atoms with E-state index in [2.05, 4.69) is 27.4 Å². The Morgan fingerprint density at radius 1 is 1.05 bits per heavy atom. The first-order chi connectivity index (χ1) is 19.8. The summed E-state index contributed by atoms with van der Waals surface area (Å²) in [5.41, 5.74) is 4.63. The second kappa shape index (κ2) is 8.30. The van der Waals surface area contributed by atoms with Gasteiger partial charge in [-0.05, 0) is 72.5 Å². The molecule has 3 atom stereocenters. The van der Waals surface area contributed by atoms with Crippen LogP contribution in [0.25, 0.3) is 27.7 Å². The van der Waals surface area contributed by atoms with Crippen molar-refractivity contribution < 1.29 is 17.2 Å². The van der Waals surface area contributed by atoms with Crippen LogP contribution in [0, 0.1) is 18.7 Å². The zero-order valence-corrected chi connectivity index (χ0v) is 23.0. The molecule has 6 aromatic rings. The van der Waals surface area contributed by atoms with Crippen LogP contribution < -0.4 is 0 Å². The Morgan fingerprint density at radius 3 is 2.61 bits per heavy atom. The minimum atomic E-state index is -3.85. The van der Waals surface area contributed by atoms with Crippen molar-refractivity contribution in [1.82, 2.24) is 34.1 Å². The number of aryl methyl sites for hydroxylation is 2. The zero-order chi connectivity index (χ0) is 28.1. The first kappa shape index (κ1) is 24.4. The summed E-state index contributed by atoms with van der Waals surface area (Å²) in [6.07, 6.45) is 3.07. The van der Waals surface area contributed by atoms with Crippen LogP contribution in [0.15, 0.2) is 82.5 Å². The molecule has 206 valence electrons. The molecule has 0 spiro atoms. The van der Waals surface area contributed by atoms with E-state index in [0.29, 0.717) is 18.0 Å². The van der Waals surface area contributed by atoms with Crippen LogP contribution in [0.2, 0.25) is 0 Å². The van der Waals surface area contributed by atoms with Gasteiger partial charge in [0.05, 0.1) is 29.5 Å². The van der Waals surface area contributed by atoms with Gasteiger partial charge in [-0.15, -0.1) is 5.10 Å². The summed E-state index contributed by atoms with van der Waals surface area (Å²) in [7, 11) is -2.25. The Labute approximate surface area is 234 Å². The molecule has 0 N–H and O–H groups in total. The van der Waals surface area contributed by atoms with Gasteiger partial charge < -0.3 is 4.42 Å². The Morgan fingerprint density at radius 2 is 1.85 bits per heavy atom. The molecule has 0 unspecified atom stereocenters. The number of piperidine rings is 1. The largest absolute Gasteiger partial charge is 0.440 e. The summed E-state index contributed by atoms with van der Waals surface area (Å²) in [6, 6.07) is 18.0. The Bertz CT molecular complexity index is 2070. The minimum Gasteiger partial charge on any atom is -0.440 e. The molecule has 1 aliphatic heterocycles. The number of aromatic nitrogens is 6. The molecule has 1 saturated carbocycles. The fourth-order valence-corrected chi connectivity index (χ4v) is 8.08. The summed E-state index contributed by atoms with van der Waals surface area (Å²) >= 11 is 0. The van der Waals surface area contributed by atoms with Crippen molar-refractivity contribution in [3.63, 3.8) is 0 Å². The van der Waals surface area contributed by atoms with E-state index in [0.717, 1.165) is 33.2 Å². The van der Waals surface area contributed by atoms with E-state index in [4.69, 9.17) is 9.40 Å².